The fourth-order valence-corrected chi connectivity index (χ4v) is 5.40. The number of aliphatic carboxylic acids is 1. The van der Waals surface area contributed by atoms with E-state index in [2.05, 4.69) is 0 Å². The van der Waals surface area contributed by atoms with E-state index in [1.807, 2.05) is 69.3 Å². The van der Waals surface area contributed by atoms with Crippen LogP contribution in [0.3, 0.4) is 0 Å². The largest absolute Gasteiger partial charge is 0.480 e. The Labute approximate surface area is 219 Å². The normalized spacial score (nSPS) is 15.7. The molecular formula is C27H27N3O4S2. The zero-order valence-electron chi connectivity index (χ0n) is 20.7. The molecule has 4 rings (SSSR count). The van der Waals surface area contributed by atoms with Crippen LogP contribution in [0.25, 0.3) is 11.8 Å². The number of hydrogen-bond acceptors (Lipinski definition) is 6. The van der Waals surface area contributed by atoms with Crippen LogP contribution in [-0.2, 0) is 9.59 Å². The number of carboxylic acid groups (broad SMARTS) is 1. The number of aromatic nitrogens is 2. The maximum Gasteiger partial charge on any atom is 0.327 e. The molecule has 7 nitrogen and oxygen atoms in total. The average Bonchev–Trinajstić information content (AvgIpc) is 3.27. The summed E-state index contributed by atoms with van der Waals surface area (Å²) in [7, 11) is 0. The van der Waals surface area contributed by atoms with Gasteiger partial charge in [-0.1, -0.05) is 73.7 Å². The highest BCUT2D eigenvalue weighted by atomic mass is 32.2. The molecular weight excluding hydrogens is 494 g/mol. The van der Waals surface area contributed by atoms with Crippen LogP contribution in [0, 0.1) is 26.7 Å². The maximum absolute atomic E-state index is 13.3. The van der Waals surface area contributed by atoms with Crippen LogP contribution < -0.4 is 4.74 Å². The van der Waals surface area contributed by atoms with Gasteiger partial charge in [-0.05, 0) is 56.5 Å². The lowest BCUT2D eigenvalue weighted by atomic mass is 10.0. The van der Waals surface area contributed by atoms with Gasteiger partial charge in [-0.15, -0.1) is 0 Å². The van der Waals surface area contributed by atoms with Crippen molar-refractivity contribution in [1.29, 1.82) is 0 Å². The van der Waals surface area contributed by atoms with Crippen LogP contribution in [-0.4, -0.2) is 42.0 Å². The van der Waals surface area contributed by atoms with Crippen LogP contribution in [0.5, 0.6) is 11.6 Å². The molecule has 1 saturated heterocycles. The molecule has 3 aromatic rings. The number of ether oxygens (including phenoxy) is 1. The highest BCUT2D eigenvalue weighted by Crippen LogP contribution is 2.39. The second-order valence-corrected chi connectivity index (χ2v) is 10.7. The van der Waals surface area contributed by atoms with Gasteiger partial charge in [0, 0.05) is 0 Å². The topological polar surface area (TPSA) is 84.7 Å². The summed E-state index contributed by atoms with van der Waals surface area (Å²) >= 11 is 6.51. The lowest BCUT2D eigenvalue weighted by Crippen LogP contribution is -2.47. The van der Waals surface area contributed by atoms with Crippen LogP contribution in [0.2, 0.25) is 0 Å². The first-order valence-corrected chi connectivity index (χ1v) is 12.7. The summed E-state index contributed by atoms with van der Waals surface area (Å²) in [6.45, 7) is 9.34. The van der Waals surface area contributed by atoms with Crippen LogP contribution in [0.15, 0.2) is 53.4 Å². The van der Waals surface area contributed by atoms with E-state index >= 15 is 0 Å². The number of para-hydroxylation sites is 1. The van der Waals surface area contributed by atoms with E-state index in [0.29, 0.717) is 27.8 Å². The lowest BCUT2D eigenvalue weighted by Gasteiger charge is -2.26. The van der Waals surface area contributed by atoms with E-state index in [4.69, 9.17) is 22.1 Å². The molecule has 186 valence electrons. The fourth-order valence-electron chi connectivity index (χ4n) is 4.09. The molecule has 1 aliphatic heterocycles. The summed E-state index contributed by atoms with van der Waals surface area (Å²) in [5.74, 6) is -0.708. The Kier molecular flexibility index (Phi) is 7.33. The number of carbonyl (C=O) groups is 2. The third kappa shape index (κ3) is 4.94. The van der Waals surface area contributed by atoms with Gasteiger partial charge in [0.25, 0.3) is 5.91 Å². The molecule has 0 unspecified atom stereocenters. The number of aryl methyl sites for hydroxylation is 3. The Morgan fingerprint density at radius 2 is 1.83 bits per heavy atom. The van der Waals surface area contributed by atoms with E-state index in [-0.39, 0.29) is 10.2 Å². The van der Waals surface area contributed by atoms with Gasteiger partial charge in [-0.2, -0.15) is 9.78 Å². The molecule has 1 amide bonds. The summed E-state index contributed by atoms with van der Waals surface area (Å²) in [4.78, 5) is 26.8. The van der Waals surface area contributed by atoms with Crippen molar-refractivity contribution in [2.75, 3.05) is 0 Å². The van der Waals surface area contributed by atoms with Gasteiger partial charge in [0.05, 0.1) is 21.8 Å². The molecule has 0 spiro atoms. The second-order valence-electron chi connectivity index (χ2n) is 9.00. The Bertz CT molecular complexity index is 1380. The number of benzene rings is 2. The SMILES string of the molecule is Cc1ccc(Oc2c(/C=C3\SC(=S)N([C@H](C(=O)O)C(C)C)C3=O)c(C)nn2-c2ccccc2)c(C)c1. The smallest absolute Gasteiger partial charge is 0.327 e. The molecule has 0 aliphatic carbocycles. The first-order chi connectivity index (χ1) is 17.1. The number of hydrogen-bond donors (Lipinski definition) is 1. The van der Waals surface area contributed by atoms with Crippen molar-refractivity contribution in [2.24, 2.45) is 5.92 Å². The van der Waals surface area contributed by atoms with Crippen LogP contribution in [0.4, 0.5) is 0 Å². The molecule has 1 aliphatic rings. The van der Waals surface area contributed by atoms with Gasteiger partial charge >= 0.3 is 5.97 Å². The van der Waals surface area contributed by atoms with E-state index < -0.39 is 17.9 Å². The zero-order valence-corrected chi connectivity index (χ0v) is 22.3. The van der Waals surface area contributed by atoms with Crippen LogP contribution >= 0.6 is 24.0 Å². The average molecular weight is 522 g/mol. The third-order valence-corrected chi connectivity index (χ3v) is 7.19. The van der Waals surface area contributed by atoms with Gasteiger partial charge in [-0.25, -0.2) is 4.79 Å². The van der Waals surface area contributed by atoms with Crippen molar-refractivity contribution in [3.05, 3.63) is 75.8 Å². The molecule has 1 fully saturated rings. The summed E-state index contributed by atoms with van der Waals surface area (Å²) in [5.41, 5.74) is 4.16. The maximum atomic E-state index is 13.3. The van der Waals surface area contributed by atoms with Crippen molar-refractivity contribution >= 4 is 46.3 Å². The molecule has 9 heteroatoms. The summed E-state index contributed by atoms with van der Waals surface area (Å²) in [5, 5.41) is 14.4. The summed E-state index contributed by atoms with van der Waals surface area (Å²) < 4.78 is 8.34. The number of carbonyl (C=O) groups excluding carboxylic acids is 1. The standard InChI is InChI=1S/C27H27N3O4S2/c1-15(2)23(26(32)33)29-24(31)22(36-27(29)35)14-20-18(5)28-30(19-9-7-6-8-10-19)25(20)34-21-12-11-16(3)13-17(21)4/h6-15,23H,1-5H3,(H,32,33)/b22-14-/t23-/m0/s1. The van der Waals surface area contributed by atoms with Gasteiger partial charge in [-0.3, -0.25) is 9.69 Å². The van der Waals surface area contributed by atoms with Crippen LogP contribution in [0.1, 0.15) is 36.2 Å². The van der Waals surface area contributed by atoms with E-state index in [1.165, 1.54) is 4.90 Å². The summed E-state index contributed by atoms with van der Waals surface area (Å²) in [6, 6.07) is 14.5. The molecule has 0 bridgehead atoms. The highest BCUT2D eigenvalue weighted by molar-refractivity contribution is 8.26. The summed E-state index contributed by atoms with van der Waals surface area (Å²) in [6.07, 6.45) is 1.69. The Morgan fingerprint density at radius 1 is 1.14 bits per heavy atom. The number of carboxylic acids is 1. The van der Waals surface area contributed by atoms with Crippen molar-refractivity contribution in [2.45, 2.75) is 40.7 Å². The molecule has 1 atom stereocenters. The molecule has 1 aromatic heterocycles. The minimum atomic E-state index is -1.09. The monoisotopic (exact) mass is 521 g/mol. The Balaban J connectivity index is 1.83. The van der Waals surface area contributed by atoms with Crippen molar-refractivity contribution in [3.8, 4) is 17.3 Å². The lowest BCUT2D eigenvalue weighted by molar-refractivity contribution is -0.146. The highest BCUT2D eigenvalue weighted by Gasteiger charge is 2.42. The van der Waals surface area contributed by atoms with Crippen molar-refractivity contribution in [1.82, 2.24) is 14.7 Å². The first kappa shape index (κ1) is 25.7. The number of thiocarbonyl (C=S) groups is 1. The minimum absolute atomic E-state index is 0.220. The molecule has 0 saturated carbocycles. The number of rotatable bonds is 7. The molecule has 36 heavy (non-hydrogen) atoms. The molecule has 2 aromatic carbocycles. The second kappa shape index (κ2) is 10.3. The minimum Gasteiger partial charge on any atom is -0.480 e. The zero-order chi connectivity index (χ0) is 26.1. The first-order valence-electron chi connectivity index (χ1n) is 11.5. The van der Waals surface area contributed by atoms with E-state index in [9.17, 15) is 14.7 Å². The predicted molar refractivity (Wildman–Crippen MR) is 146 cm³/mol. The fraction of sp³-hybridized carbons (Fsp3) is 0.259. The Hall–Kier alpha value is -3.43. The van der Waals surface area contributed by atoms with E-state index in [1.54, 1.807) is 24.6 Å². The molecule has 1 N–H and O–H groups in total. The third-order valence-electron chi connectivity index (χ3n) is 5.86. The quantitative estimate of drug-likeness (QED) is 0.306. The predicted octanol–water partition coefficient (Wildman–Crippen LogP) is 5.90. The Morgan fingerprint density at radius 3 is 2.44 bits per heavy atom. The van der Waals surface area contributed by atoms with Crippen molar-refractivity contribution < 1.29 is 19.4 Å². The van der Waals surface area contributed by atoms with E-state index in [0.717, 1.165) is 28.6 Å². The van der Waals surface area contributed by atoms with Gasteiger partial charge in [0.2, 0.25) is 5.88 Å². The number of amides is 1. The molecule has 0 radical (unpaired) electrons. The van der Waals surface area contributed by atoms with Gasteiger partial charge < -0.3 is 9.84 Å². The number of thioether (sulfide) groups is 1. The van der Waals surface area contributed by atoms with Crippen molar-refractivity contribution in [3.63, 3.8) is 0 Å². The van der Waals surface area contributed by atoms with Gasteiger partial charge in [0.1, 0.15) is 16.1 Å². The van der Waals surface area contributed by atoms with Gasteiger partial charge in [0.15, 0.2) is 0 Å². The molecule has 2 heterocycles. The number of nitrogens with zero attached hydrogens (tertiary/aromatic N) is 3.